The number of halogens is 2. The summed E-state index contributed by atoms with van der Waals surface area (Å²) in [6.45, 7) is 4.86. The number of carbonyl (C=O) groups excluding carboxylic acids is 1. The van der Waals surface area contributed by atoms with Gasteiger partial charge in [-0.2, -0.15) is 0 Å². The lowest BCUT2D eigenvalue weighted by molar-refractivity contribution is 0.0942. The van der Waals surface area contributed by atoms with Gasteiger partial charge in [0, 0.05) is 34.7 Å². The van der Waals surface area contributed by atoms with Crippen molar-refractivity contribution >= 4 is 40.9 Å². The second kappa shape index (κ2) is 6.56. The highest BCUT2D eigenvalue weighted by atomic mass is 127. The van der Waals surface area contributed by atoms with Crippen LogP contribution in [0.15, 0.2) is 18.2 Å². The molecule has 0 saturated carbocycles. The number of benzene rings is 1. The normalized spacial score (nSPS) is 14.7. The number of hydrogen-bond donors (Lipinski definition) is 2. The van der Waals surface area contributed by atoms with E-state index in [0.717, 1.165) is 28.8 Å². The van der Waals surface area contributed by atoms with Crippen LogP contribution >= 0.6 is 35.0 Å². The number of hydrogen-bond acceptors (Lipinski definition) is 2. The van der Waals surface area contributed by atoms with Crippen molar-refractivity contribution in [3.05, 3.63) is 32.9 Å². The van der Waals surface area contributed by atoms with Crippen molar-refractivity contribution in [1.82, 2.24) is 10.6 Å². The topological polar surface area (TPSA) is 41.1 Å². The molecule has 0 unspecified atom stereocenters. The van der Waals surface area contributed by atoms with Gasteiger partial charge in [-0.05, 0) is 47.2 Å². The Hall–Kier alpha value is -0.330. The van der Waals surface area contributed by atoms with E-state index >= 15 is 0 Å². The maximum absolute atomic E-state index is 11.8. The van der Waals surface area contributed by atoms with Crippen LogP contribution in [0.1, 0.15) is 15.9 Å². The van der Waals surface area contributed by atoms with Crippen molar-refractivity contribution < 1.29 is 4.79 Å². The summed E-state index contributed by atoms with van der Waals surface area (Å²) >= 11 is 2.25. The highest BCUT2D eigenvalue weighted by Crippen LogP contribution is 2.13. The summed E-state index contributed by atoms with van der Waals surface area (Å²) in [6.07, 6.45) is 0. The van der Waals surface area contributed by atoms with Crippen LogP contribution < -0.4 is 10.6 Å². The van der Waals surface area contributed by atoms with Crippen LogP contribution in [-0.2, 0) is 0 Å². The molecule has 1 saturated heterocycles. The van der Waals surface area contributed by atoms with Crippen molar-refractivity contribution in [2.75, 3.05) is 19.6 Å². The molecular formula is C12H16ClIN2O. The molecule has 0 radical (unpaired) electrons. The number of carbonyl (C=O) groups is 1. The molecule has 0 spiro atoms. The lowest BCUT2D eigenvalue weighted by Crippen LogP contribution is -2.48. The molecule has 1 aromatic carbocycles. The zero-order valence-electron chi connectivity index (χ0n) is 9.63. The van der Waals surface area contributed by atoms with Crippen molar-refractivity contribution in [2.45, 2.75) is 6.92 Å². The van der Waals surface area contributed by atoms with E-state index in [2.05, 4.69) is 33.2 Å². The van der Waals surface area contributed by atoms with Gasteiger partial charge in [0.25, 0.3) is 5.91 Å². The van der Waals surface area contributed by atoms with Gasteiger partial charge in [-0.15, -0.1) is 12.4 Å². The Balaban J connectivity index is 0.00000144. The summed E-state index contributed by atoms with van der Waals surface area (Å²) in [7, 11) is 0. The average Bonchev–Trinajstić information content (AvgIpc) is 2.19. The Morgan fingerprint density at radius 1 is 1.53 bits per heavy atom. The second-order valence-electron chi connectivity index (χ2n) is 4.20. The van der Waals surface area contributed by atoms with Gasteiger partial charge < -0.3 is 10.6 Å². The SMILES string of the molecule is Cc1ccc(C(=O)NCC2CNC2)cc1I.Cl. The largest absolute Gasteiger partial charge is 0.352 e. The van der Waals surface area contributed by atoms with Crippen LogP contribution in [0.2, 0.25) is 0 Å². The van der Waals surface area contributed by atoms with Crippen LogP contribution in [0, 0.1) is 16.4 Å². The van der Waals surface area contributed by atoms with Crippen molar-refractivity contribution in [2.24, 2.45) is 5.92 Å². The minimum absolute atomic E-state index is 0. The fourth-order valence-electron chi connectivity index (χ4n) is 1.57. The summed E-state index contributed by atoms with van der Waals surface area (Å²) in [5.41, 5.74) is 1.96. The van der Waals surface area contributed by atoms with Crippen LogP contribution in [0.3, 0.4) is 0 Å². The minimum Gasteiger partial charge on any atom is -0.352 e. The first-order chi connectivity index (χ1) is 7.66. The predicted octanol–water partition coefficient (Wildman–Crippen LogP) is 1.97. The molecule has 1 heterocycles. The third-order valence-corrected chi connectivity index (χ3v) is 4.01. The number of amides is 1. The fraction of sp³-hybridized carbons (Fsp3) is 0.417. The summed E-state index contributed by atoms with van der Waals surface area (Å²) < 4.78 is 1.13. The third-order valence-electron chi connectivity index (χ3n) is 2.85. The Morgan fingerprint density at radius 2 is 2.24 bits per heavy atom. The smallest absolute Gasteiger partial charge is 0.251 e. The molecule has 0 bridgehead atoms. The van der Waals surface area contributed by atoms with E-state index in [0.29, 0.717) is 5.92 Å². The molecule has 94 valence electrons. The van der Waals surface area contributed by atoms with E-state index in [1.807, 2.05) is 25.1 Å². The number of nitrogens with one attached hydrogen (secondary N) is 2. The minimum atomic E-state index is 0. The van der Waals surface area contributed by atoms with Crippen LogP contribution in [0.25, 0.3) is 0 Å². The molecule has 0 aromatic heterocycles. The number of rotatable bonds is 3. The monoisotopic (exact) mass is 366 g/mol. The van der Waals surface area contributed by atoms with Crippen LogP contribution in [0.5, 0.6) is 0 Å². The van der Waals surface area contributed by atoms with Crippen LogP contribution in [0.4, 0.5) is 0 Å². The molecule has 0 atom stereocenters. The molecule has 5 heteroatoms. The molecule has 0 aliphatic carbocycles. The first kappa shape index (κ1) is 14.7. The van der Waals surface area contributed by atoms with E-state index in [-0.39, 0.29) is 18.3 Å². The zero-order chi connectivity index (χ0) is 11.5. The van der Waals surface area contributed by atoms with Gasteiger partial charge in [0.2, 0.25) is 0 Å². The number of aryl methyl sites for hydroxylation is 1. The molecule has 2 rings (SSSR count). The highest BCUT2D eigenvalue weighted by molar-refractivity contribution is 14.1. The van der Waals surface area contributed by atoms with Crippen molar-refractivity contribution in [3.8, 4) is 0 Å². The summed E-state index contributed by atoms with van der Waals surface area (Å²) in [5, 5.41) is 6.15. The predicted molar refractivity (Wildman–Crippen MR) is 79.8 cm³/mol. The van der Waals surface area contributed by atoms with Gasteiger partial charge in [0.05, 0.1) is 0 Å². The first-order valence-electron chi connectivity index (χ1n) is 5.42. The first-order valence-corrected chi connectivity index (χ1v) is 6.50. The van der Waals surface area contributed by atoms with Gasteiger partial charge in [0.1, 0.15) is 0 Å². The average molecular weight is 367 g/mol. The molecule has 3 nitrogen and oxygen atoms in total. The lowest BCUT2D eigenvalue weighted by atomic mass is 10.0. The van der Waals surface area contributed by atoms with Gasteiger partial charge in [0.15, 0.2) is 0 Å². The van der Waals surface area contributed by atoms with E-state index in [9.17, 15) is 4.79 Å². The van der Waals surface area contributed by atoms with Gasteiger partial charge in [-0.25, -0.2) is 0 Å². The third kappa shape index (κ3) is 3.82. The fourth-order valence-corrected chi connectivity index (χ4v) is 2.08. The van der Waals surface area contributed by atoms with E-state index in [4.69, 9.17) is 0 Å². The lowest BCUT2D eigenvalue weighted by Gasteiger charge is -2.27. The summed E-state index contributed by atoms with van der Waals surface area (Å²) in [4.78, 5) is 11.8. The molecule has 2 N–H and O–H groups in total. The molecule has 1 fully saturated rings. The molecule has 1 aliphatic heterocycles. The van der Waals surface area contributed by atoms with E-state index in [1.165, 1.54) is 5.56 Å². The van der Waals surface area contributed by atoms with E-state index < -0.39 is 0 Å². The van der Waals surface area contributed by atoms with Crippen molar-refractivity contribution in [1.29, 1.82) is 0 Å². The Kier molecular flexibility index (Phi) is 5.69. The summed E-state index contributed by atoms with van der Waals surface area (Å²) in [5.74, 6) is 0.637. The molecule has 17 heavy (non-hydrogen) atoms. The zero-order valence-corrected chi connectivity index (χ0v) is 12.6. The standard InChI is InChI=1S/C12H15IN2O.ClH/c1-8-2-3-10(4-11(8)13)12(16)15-7-9-5-14-6-9;/h2-4,9,14H,5-7H2,1H3,(H,15,16);1H. The quantitative estimate of drug-likeness (QED) is 0.803. The Labute approximate surface area is 121 Å². The van der Waals surface area contributed by atoms with Crippen LogP contribution in [-0.4, -0.2) is 25.5 Å². The van der Waals surface area contributed by atoms with Crippen molar-refractivity contribution in [3.63, 3.8) is 0 Å². The van der Waals surface area contributed by atoms with E-state index in [1.54, 1.807) is 0 Å². The van der Waals surface area contributed by atoms with Gasteiger partial charge in [-0.1, -0.05) is 6.07 Å². The van der Waals surface area contributed by atoms with Gasteiger partial charge in [-0.3, -0.25) is 4.79 Å². The maximum Gasteiger partial charge on any atom is 0.251 e. The molecule has 1 aromatic rings. The Bertz CT molecular complexity index is 407. The summed E-state index contributed by atoms with van der Waals surface area (Å²) in [6, 6.07) is 5.80. The second-order valence-corrected chi connectivity index (χ2v) is 5.36. The molecular weight excluding hydrogens is 351 g/mol. The molecule has 1 amide bonds. The highest BCUT2D eigenvalue weighted by Gasteiger charge is 2.17. The Morgan fingerprint density at radius 3 is 2.76 bits per heavy atom. The molecule has 1 aliphatic rings. The van der Waals surface area contributed by atoms with Gasteiger partial charge >= 0.3 is 0 Å². The maximum atomic E-state index is 11.8.